The number of nitrogens with one attached hydrogen (secondary N) is 1. The number of rotatable bonds is 3. The third-order valence-electron chi connectivity index (χ3n) is 2.96. The third kappa shape index (κ3) is 3.39. The molecule has 0 atom stereocenters. The van der Waals surface area contributed by atoms with E-state index < -0.39 is 34.5 Å². The number of halogens is 4. The van der Waals surface area contributed by atoms with Crippen molar-refractivity contribution in [3.8, 4) is 0 Å². The fraction of sp³-hybridized carbons (Fsp3) is 0.308. The molecule has 130 valence electrons. The first-order valence-electron chi connectivity index (χ1n) is 6.36. The van der Waals surface area contributed by atoms with E-state index in [1.54, 1.807) is 6.92 Å². The van der Waals surface area contributed by atoms with Gasteiger partial charge in [0.1, 0.15) is 10.0 Å². The van der Waals surface area contributed by atoms with Crippen molar-refractivity contribution < 1.29 is 27.5 Å². The maximum Gasteiger partial charge on any atom is 0.434 e. The molecule has 2 aromatic heterocycles. The molecule has 0 aromatic carbocycles. The predicted molar refractivity (Wildman–Crippen MR) is 81.6 cm³/mol. The van der Waals surface area contributed by atoms with Gasteiger partial charge in [-0.25, -0.2) is 4.79 Å². The standard InChI is InChI=1S/C13H11ClF3N3O3S/c1-5-4-6(12(22)23-3)11(24-5)18-10(21)8-7(14)9(13(15,16)17)20(2)19-8/h4H,1-3H3,(H,18,21). The second kappa shape index (κ2) is 6.44. The summed E-state index contributed by atoms with van der Waals surface area (Å²) in [6.07, 6.45) is -4.76. The van der Waals surface area contributed by atoms with E-state index in [0.29, 0.717) is 9.56 Å². The second-order valence-corrected chi connectivity index (χ2v) is 6.31. The van der Waals surface area contributed by atoms with Crippen molar-refractivity contribution in [2.75, 3.05) is 12.4 Å². The molecule has 11 heteroatoms. The Balaban J connectivity index is 2.37. The van der Waals surface area contributed by atoms with E-state index in [4.69, 9.17) is 11.6 Å². The van der Waals surface area contributed by atoms with Crippen molar-refractivity contribution in [2.24, 2.45) is 7.05 Å². The Bertz CT molecular complexity index is 813. The number of hydrogen-bond donors (Lipinski definition) is 1. The Morgan fingerprint density at radius 1 is 1.42 bits per heavy atom. The number of aryl methyl sites for hydroxylation is 2. The Kier molecular flexibility index (Phi) is 4.90. The monoisotopic (exact) mass is 381 g/mol. The molecule has 6 nitrogen and oxygen atoms in total. The topological polar surface area (TPSA) is 73.2 Å². The Labute approximate surface area is 143 Å². The Hall–Kier alpha value is -2.07. The van der Waals surface area contributed by atoms with Crippen LogP contribution in [0.1, 0.15) is 31.4 Å². The summed E-state index contributed by atoms with van der Waals surface area (Å²) >= 11 is 6.73. The summed E-state index contributed by atoms with van der Waals surface area (Å²) in [5.74, 6) is -1.64. The highest BCUT2D eigenvalue weighted by Crippen LogP contribution is 2.36. The van der Waals surface area contributed by atoms with E-state index in [1.807, 2.05) is 0 Å². The summed E-state index contributed by atoms with van der Waals surface area (Å²) < 4.78 is 43.8. The molecule has 0 aliphatic carbocycles. The number of alkyl halides is 3. The summed E-state index contributed by atoms with van der Waals surface area (Å²) in [6.45, 7) is 1.70. The van der Waals surface area contributed by atoms with Gasteiger partial charge in [-0.2, -0.15) is 18.3 Å². The van der Waals surface area contributed by atoms with Gasteiger partial charge in [-0.05, 0) is 13.0 Å². The largest absolute Gasteiger partial charge is 0.465 e. The smallest absolute Gasteiger partial charge is 0.434 e. The molecule has 24 heavy (non-hydrogen) atoms. The summed E-state index contributed by atoms with van der Waals surface area (Å²) in [6, 6.07) is 1.49. The van der Waals surface area contributed by atoms with Gasteiger partial charge in [0.15, 0.2) is 11.4 Å². The van der Waals surface area contributed by atoms with E-state index in [2.05, 4.69) is 15.2 Å². The molecule has 2 rings (SSSR count). The number of methoxy groups -OCH3 is 1. The van der Waals surface area contributed by atoms with Gasteiger partial charge in [-0.15, -0.1) is 11.3 Å². The van der Waals surface area contributed by atoms with Gasteiger partial charge in [0.2, 0.25) is 0 Å². The molecule has 1 amide bonds. The number of nitrogens with zero attached hydrogens (tertiary/aromatic N) is 2. The number of hydrogen-bond acceptors (Lipinski definition) is 5. The lowest BCUT2D eigenvalue weighted by Gasteiger charge is -2.06. The summed E-state index contributed by atoms with van der Waals surface area (Å²) in [4.78, 5) is 24.6. The predicted octanol–water partition coefficient (Wildman–Crippen LogP) is 3.50. The fourth-order valence-corrected chi connectivity index (χ4v) is 3.23. The van der Waals surface area contributed by atoms with Gasteiger partial charge >= 0.3 is 12.1 Å². The minimum atomic E-state index is -4.76. The maximum absolute atomic E-state index is 12.9. The summed E-state index contributed by atoms with van der Waals surface area (Å²) in [5, 5.41) is 5.19. The number of carbonyl (C=O) groups is 2. The SMILES string of the molecule is COC(=O)c1cc(C)sc1NC(=O)c1nn(C)c(C(F)(F)F)c1Cl. The molecule has 0 saturated carbocycles. The molecule has 2 heterocycles. The third-order valence-corrected chi connectivity index (χ3v) is 4.28. The number of carbonyl (C=O) groups excluding carboxylic acids is 2. The number of esters is 1. The van der Waals surface area contributed by atoms with Crippen LogP contribution in [0.15, 0.2) is 6.07 Å². The van der Waals surface area contributed by atoms with Crippen LogP contribution < -0.4 is 5.32 Å². The molecule has 0 saturated heterocycles. The van der Waals surface area contributed by atoms with Gasteiger partial charge in [0, 0.05) is 11.9 Å². The lowest BCUT2D eigenvalue weighted by molar-refractivity contribution is -0.143. The van der Waals surface area contributed by atoms with E-state index in [0.717, 1.165) is 18.4 Å². The van der Waals surface area contributed by atoms with Crippen molar-refractivity contribution in [3.05, 3.63) is 32.9 Å². The molecular weight excluding hydrogens is 371 g/mol. The number of aromatic nitrogens is 2. The minimum absolute atomic E-state index is 0.0939. The fourth-order valence-electron chi connectivity index (χ4n) is 1.98. The van der Waals surface area contributed by atoms with E-state index in [-0.39, 0.29) is 10.6 Å². The van der Waals surface area contributed by atoms with Crippen LogP contribution in [-0.4, -0.2) is 28.8 Å². The molecule has 1 N–H and O–H groups in total. The molecule has 0 unspecified atom stereocenters. The lowest BCUT2D eigenvalue weighted by Crippen LogP contribution is -2.15. The normalized spacial score (nSPS) is 11.5. The van der Waals surface area contributed by atoms with E-state index >= 15 is 0 Å². The van der Waals surface area contributed by atoms with E-state index in [1.165, 1.54) is 13.2 Å². The highest BCUT2D eigenvalue weighted by atomic mass is 35.5. The van der Waals surface area contributed by atoms with Gasteiger partial charge in [-0.3, -0.25) is 9.48 Å². The first-order chi connectivity index (χ1) is 11.1. The van der Waals surface area contributed by atoms with Crippen molar-refractivity contribution in [1.29, 1.82) is 0 Å². The second-order valence-electron chi connectivity index (χ2n) is 4.68. The molecule has 0 spiro atoms. The molecule has 2 aromatic rings. The summed E-state index contributed by atoms with van der Waals surface area (Å²) in [7, 11) is 2.20. The van der Waals surface area contributed by atoms with Crippen LogP contribution >= 0.6 is 22.9 Å². The van der Waals surface area contributed by atoms with Crippen LogP contribution in [0.2, 0.25) is 5.02 Å². The van der Waals surface area contributed by atoms with Crippen molar-refractivity contribution in [2.45, 2.75) is 13.1 Å². The number of anilines is 1. The Morgan fingerprint density at radius 2 is 2.04 bits per heavy atom. The van der Waals surface area contributed by atoms with Gasteiger partial charge < -0.3 is 10.1 Å². The quantitative estimate of drug-likeness (QED) is 0.826. The highest BCUT2D eigenvalue weighted by Gasteiger charge is 2.40. The van der Waals surface area contributed by atoms with Gasteiger partial charge in [-0.1, -0.05) is 11.6 Å². The van der Waals surface area contributed by atoms with Gasteiger partial charge in [0.05, 0.1) is 12.7 Å². The highest BCUT2D eigenvalue weighted by molar-refractivity contribution is 7.16. The molecule has 0 aliphatic heterocycles. The maximum atomic E-state index is 12.9. The van der Waals surface area contributed by atoms with Crippen molar-refractivity contribution in [1.82, 2.24) is 9.78 Å². The molecular formula is C13H11ClF3N3O3S. The molecule has 0 aliphatic rings. The van der Waals surface area contributed by atoms with Crippen LogP contribution in [0.3, 0.4) is 0 Å². The van der Waals surface area contributed by atoms with Gasteiger partial charge in [0.25, 0.3) is 5.91 Å². The molecule has 0 radical (unpaired) electrons. The van der Waals surface area contributed by atoms with Crippen LogP contribution in [0.5, 0.6) is 0 Å². The van der Waals surface area contributed by atoms with Crippen LogP contribution in [-0.2, 0) is 18.0 Å². The zero-order valence-corrected chi connectivity index (χ0v) is 14.2. The number of thiophene rings is 1. The minimum Gasteiger partial charge on any atom is -0.465 e. The number of ether oxygens (including phenoxy) is 1. The summed E-state index contributed by atoms with van der Waals surface area (Å²) in [5.41, 5.74) is -1.73. The Morgan fingerprint density at radius 3 is 2.54 bits per heavy atom. The van der Waals surface area contributed by atoms with Crippen LogP contribution in [0.4, 0.5) is 18.2 Å². The first-order valence-corrected chi connectivity index (χ1v) is 7.55. The zero-order valence-electron chi connectivity index (χ0n) is 12.6. The zero-order chi connectivity index (χ0) is 18.2. The number of amides is 1. The van der Waals surface area contributed by atoms with Crippen molar-refractivity contribution >= 4 is 39.8 Å². The lowest BCUT2D eigenvalue weighted by atomic mass is 10.3. The molecule has 0 bridgehead atoms. The van der Waals surface area contributed by atoms with E-state index in [9.17, 15) is 22.8 Å². The van der Waals surface area contributed by atoms with Crippen LogP contribution in [0, 0.1) is 6.92 Å². The van der Waals surface area contributed by atoms with Crippen LogP contribution in [0.25, 0.3) is 0 Å². The molecule has 0 fully saturated rings. The average molecular weight is 382 g/mol. The first kappa shape index (κ1) is 18.3. The average Bonchev–Trinajstić information content (AvgIpc) is 2.97. The van der Waals surface area contributed by atoms with Crippen molar-refractivity contribution in [3.63, 3.8) is 0 Å².